The predicted octanol–water partition coefficient (Wildman–Crippen LogP) is 2.58. The van der Waals surface area contributed by atoms with Crippen molar-refractivity contribution in [3.8, 4) is 0 Å². The highest BCUT2D eigenvalue weighted by Crippen LogP contribution is 2.19. The van der Waals surface area contributed by atoms with Crippen molar-refractivity contribution in [3.63, 3.8) is 0 Å². The number of rotatable bonds is 6. The van der Waals surface area contributed by atoms with E-state index in [0.717, 1.165) is 18.9 Å². The van der Waals surface area contributed by atoms with Crippen molar-refractivity contribution in [1.29, 1.82) is 0 Å². The van der Waals surface area contributed by atoms with Gasteiger partial charge in [0.1, 0.15) is 0 Å². The number of benzene rings is 1. The molecule has 0 amide bonds. The fraction of sp³-hybridized carbons (Fsp3) is 0.462. The van der Waals surface area contributed by atoms with Gasteiger partial charge in [0.15, 0.2) is 0 Å². The Balaban J connectivity index is 2.76. The molecule has 0 aliphatic heterocycles. The number of carbonyl (C=O) groups is 1. The summed E-state index contributed by atoms with van der Waals surface area (Å²) < 4.78 is 27.6. The molecule has 0 saturated carbocycles. The Morgan fingerprint density at radius 3 is 2.55 bits per heavy atom. The molecule has 0 unspecified atom stereocenters. The van der Waals surface area contributed by atoms with Crippen LogP contribution in [0.1, 0.15) is 37.0 Å². The summed E-state index contributed by atoms with van der Waals surface area (Å²) in [6, 6.07) is 3.69. The molecule has 1 aromatic carbocycles. The van der Waals surface area contributed by atoms with Gasteiger partial charge in [0.2, 0.25) is 10.0 Å². The Hall–Kier alpha value is -1.11. The lowest BCUT2D eigenvalue weighted by Gasteiger charge is -2.08. The molecule has 112 valence electrons. The predicted molar refractivity (Wildman–Crippen MR) is 77.2 cm³/mol. The summed E-state index contributed by atoms with van der Waals surface area (Å²) in [5.74, 6) is -0.0741. The molecule has 7 heteroatoms. The average Bonchev–Trinajstić information content (AvgIpc) is 2.32. The molecule has 5 nitrogen and oxygen atoms in total. The molecular formula is C13H18ClNO4S. The van der Waals surface area contributed by atoms with Gasteiger partial charge >= 0.3 is 5.97 Å². The number of carbonyl (C=O) groups excluding carboxylic acids is 1. The molecule has 0 saturated heterocycles. The van der Waals surface area contributed by atoms with Crippen molar-refractivity contribution in [2.24, 2.45) is 11.1 Å². The summed E-state index contributed by atoms with van der Waals surface area (Å²) in [7, 11) is -3.91. The highest BCUT2D eigenvalue weighted by Gasteiger charge is 2.15. The summed E-state index contributed by atoms with van der Waals surface area (Å²) in [4.78, 5) is 11.6. The Morgan fingerprint density at radius 1 is 1.35 bits per heavy atom. The van der Waals surface area contributed by atoms with Gasteiger partial charge in [-0.1, -0.05) is 25.4 Å². The fourth-order valence-corrected chi connectivity index (χ4v) is 2.47. The number of nitrogens with two attached hydrogens (primary N) is 1. The second-order valence-electron chi connectivity index (χ2n) is 4.89. The normalized spacial score (nSPS) is 11.7. The Labute approximate surface area is 124 Å². The highest BCUT2D eigenvalue weighted by molar-refractivity contribution is 7.89. The van der Waals surface area contributed by atoms with E-state index in [-0.39, 0.29) is 22.1 Å². The number of hydrogen-bond donors (Lipinski definition) is 1. The first-order chi connectivity index (χ1) is 9.20. The molecule has 0 spiro atoms. The van der Waals surface area contributed by atoms with E-state index >= 15 is 0 Å². The number of halogens is 1. The summed E-state index contributed by atoms with van der Waals surface area (Å²) in [5, 5.41) is 5.13. The van der Waals surface area contributed by atoms with Crippen LogP contribution in [0.3, 0.4) is 0 Å². The lowest BCUT2D eigenvalue weighted by molar-refractivity contribution is 0.0494. The third-order valence-electron chi connectivity index (χ3n) is 2.59. The van der Waals surface area contributed by atoms with Crippen molar-refractivity contribution in [1.82, 2.24) is 0 Å². The minimum absolute atomic E-state index is 0.0751. The van der Waals surface area contributed by atoms with Gasteiger partial charge in [0.05, 0.1) is 17.1 Å². The zero-order chi connectivity index (χ0) is 15.3. The smallest absolute Gasteiger partial charge is 0.338 e. The topological polar surface area (TPSA) is 86.5 Å². The Morgan fingerprint density at radius 2 is 2.00 bits per heavy atom. The molecule has 0 bridgehead atoms. The number of ether oxygens (including phenoxy) is 1. The molecule has 0 atom stereocenters. The van der Waals surface area contributed by atoms with Gasteiger partial charge in [0, 0.05) is 5.02 Å². The molecule has 0 radical (unpaired) electrons. The van der Waals surface area contributed by atoms with E-state index in [4.69, 9.17) is 21.5 Å². The number of esters is 1. The zero-order valence-electron chi connectivity index (χ0n) is 11.4. The summed E-state index contributed by atoms with van der Waals surface area (Å²) in [6.07, 6.45) is 1.71. The van der Waals surface area contributed by atoms with Crippen molar-refractivity contribution in [2.45, 2.75) is 31.6 Å². The van der Waals surface area contributed by atoms with Crippen LogP contribution in [0.4, 0.5) is 0 Å². The van der Waals surface area contributed by atoms with E-state index in [1.807, 2.05) is 0 Å². The van der Waals surface area contributed by atoms with Crippen LogP contribution in [-0.4, -0.2) is 21.0 Å². The summed E-state index contributed by atoms with van der Waals surface area (Å²) in [5.41, 5.74) is 0.0751. The summed E-state index contributed by atoms with van der Waals surface area (Å²) >= 11 is 5.78. The molecule has 0 aliphatic carbocycles. The SMILES string of the molecule is CC(C)CCCOC(=O)c1cc(Cl)cc(S(N)(=O)=O)c1. The van der Waals surface area contributed by atoms with Gasteiger partial charge in [-0.2, -0.15) is 0 Å². The maximum Gasteiger partial charge on any atom is 0.338 e. The van der Waals surface area contributed by atoms with Gasteiger partial charge in [-0.25, -0.2) is 18.4 Å². The summed E-state index contributed by atoms with van der Waals surface area (Å²) in [6.45, 7) is 4.45. The maximum atomic E-state index is 11.8. The van der Waals surface area contributed by atoms with Crippen LogP contribution in [0, 0.1) is 5.92 Å². The molecule has 0 aromatic heterocycles. The third-order valence-corrected chi connectivity index (χ3v) is 3.71. The first-order valence-electron chi connectivity index (χ1n) is 6.20. The van der Waals surface area contributed by atoms with E-state index in [0.29, 0.717) is 5.92 Å². The fourth-order valence-electron chi connectivity index (χ4n) is 1.58. The van der Waals surface area contributed by atoms with Crippen LogP contribution in [0.25, 0.3) is 0 Å². The quantitative estimate of drug-likeness (QED) is 0.645. The van der Waals surface area contributed by atoms with Crippen LogP contribution >= 0.6 is 11.6 Å². The third kappa shape index (κ3) is 5.48. The minimum atomic E-state index is -3.91. The molecule has 0 heterocycles. The first-order valence-corrected chi connectivity index (χ1v) is 8.13. The molecule has 20 heavy (non-hydrogen) atoms. The van der Waals surface area contributed by atoms with Gasteiger partial charge < -0.3 is 4.74 Å². The molecule has 0 fully saturated rings. The second kappa shape index (κ2) is 7.06. The zero-order valence-corrected chi connectivity index (χ0v) is 13.0. The van der Waals surface area contributed by atoms with Gasteiger partial charge in [-0.15, -0.1) is 0 Å². The standard InChI is InChI=1S/C13H18ClNO4S/c1-9(2)4-3-5-19-13(16)10-6-11(14)8-12(7-10)20(15,17)18/h6-9H,3-5H2,1-2H3,(H2,15,17,18). The van der Waals surface area contributed by atoms with Crippen molar-refractivity contribution >= 4 is 27.6 Å². The molecule has 1 aromatic rings. The largest absolute Gasteiger partial charge is 0.462 e. The Bertz CT molecular complexity index is 584. The Kier molecular flexibility index (Phi) is 5.98. The molecule has 1 rings (SSSR count). The van der Waals surface area contributed by atoms with Gasteiger partial charge in [-0.05, 0) is 37.0 Å². The minimum Gasteiger partial charge on any atom is -0.462 e. The number of hydrogen-bond acceptors (Lipinski definition) is 4. The number of sulfonamides is 1. The van der Waals surface area contributed by atoms with Crippen LogP contribution in [0.2, 0.25) is 5.02 Å². The van der Waals surface area contributed by atoms with E-state index in [9.17, 15) is 13.2 Å². The van der Waals surface area contributed by atoms with Crippen LogP contribution < -0.4 is 5.14 Å². The first kappa shape index (κ1) is 16.9. The van der Waals surface area contributed by atoms with Crippen LogP contribution in [-0.2, 0) is 14.8 Å². The average molecular weight is 320 g/mol. The van der Waals surface area contributed by atoms with E-state index in [2.05, 4.69) is 13.8 Å². The van der Waals surface area contributed by atoms with Crippen molar-refractivity contribution < 1.29 is 17.9 Å². The van der Waals surface area contributed by atoms with Crippen LogP contribution in [0.5, 0.6) is 0 Å². The van der Waals surface area contributed by atoms with Gasteiger partial charge in [-0.3, -0.25) is 0 Å². The van der Waals surface area contributed by atoms with Gasteiger partial charge in [0.25, 0.3) is 0 Å². The maximum absolute atomic E-state index is 11.8. The monoisotopic (exact) mass is 319 g/mol. The van der Waals surface area contributed by atoms with E-state index in [1.54, 1.807) is 0 Å². The molecular weight excluding hydrogens is 302 g/mol. The van der Waals surface area contributed by atoms with Crippen molar-refractivity contribution in [2.75, 3.05) is 6.61 Å². The lowest BCUT2D eigenvalue weighted by Crippen LogP contribution is -2.14. The molecule has 0 aliphatic rings. The molecule has 2 N–H and O–H groups in total. The van der Waals surface area contributed by atoms with Crippen molar-refractivity contribution in [3.05, 3.63) is 28.8 Å². The van der Waals surface area contributed by atoms with E-state index < -0.39 is 16.0 Å². The highest BCUT2D eigenvalue weighted by atomic mass is 35.5. The van der Waals surface area contributed by atoms with Crippen LogP contribution in [0.15, 0.2) is 23.1 Å². The second-order valence-corrected chi connectivity index (χ2v) is 6.89. The number of primary sulfonamides is 1. The van der Waals surface area contributed by atoms with E-state index in [1.165, 1.54) is 12.1 Å². The lowest BCUT2D eigenvalue weighted by atomic mass is 10.1.